The Hall–Kier alpha value is -1.30. The predicted octanol–water partition coefficient (Wildman–Crippen LogP) is 2.52. The van der Waals surface area contributed by atoms with Crippen molar-refractivity contribution in [2.45, 2.75) is 50.8 Å². The molecule has 2 atom stereocenters. The van der Waals surface area contributed by atoms with E-state index in [2.05, 4.69) is 15.9 Å². The molecule has 0 aliphatic carbocycles. The Morgan fingerprint density at radius 3 is 2.36 bits per heavy atom. The first kappa shape index (κ1) is 18.5. The van der Waals surface area contributed by atoms with Gasteiger partial charge in [0.15, 0.2) is 11.5 Å². The summed E-state index contributed by atoms with van der Waals surface area (Å²) in [5.74, 6) is 1.52. The van der Waals surface area contributed by atoms with Crippen LogP contribution in [0.3, 0.4) is 0 Å². The lowest BCUT2D eigenvalue weighted by atomic mass is 9.99. The van der Waals surface area contributed by atoms with Crippen LogP contribution in [0.1, 0.15) is 37.7 Å². The Kier molecular flexibility index (Phi) is 6.57. The number of piperidine rings is 1. The van der Waals surface area contributed by atoms with E-state index in [1.165, 1.54) is 31.2 Å². The van der Waals surface area contributed by atoms with Gasteiger partial charge >= 0.3 is 0 Å². The minimum absolute atomic E-state index is 0.257. The van der Waals surface area contributed by atoms with Gasteiger partial charge in [0.05, 0.1) is 20.3 Å². The van der Waals surface area contributed by atoms with Crippen molar-refractivity contribution in [1.82, 2.24) is 9.80 Å². The molecule has 1 aromatic carbocycles. The average molecular weight is 348 g/mol. The van der Waals surface area contributed by atoms with E-state index in [9.17, 15) is 5.11 Å². The monoisotopic (exact) mass is 348 g/mol. The molecular weight excluding hydrogens is 316 g/mol. The van der Waals surface area contributed by atoms with E-state index in [0.29, 0.717) is 6.04 Å². The summed E-state index contributed by atoms with van der Waals surface area (Å²) in [7, 11) is 3.32. The first-order chi connectivity index (χ1) is 12.2. The lowest BCUT2D eigenvalue weighted by Crippen LogP contribution is -2.54. The smallest absolute Gasteiger partial charge is 0.161 e. The zero-order chi connectivity index (χ0) is 17.6. The summed E-state index contributed by atoms with van der Waals surface area (Å²) in [4.78, 5) is 4.88. The van der Waals surface area contributed by atoms with Crippen LogP contribution in [0.5, 0.6) is 11.5 Å². The van der Waals surface area contributed by atoms with Gasteiger partial charge in [-0.2, -0.15) is 0 Å². The summed E-state index contributed by atoms with van der Waals surface area (Å²) in [6, 6.07) is 6.40. The van der Waals surface area contributed by atoms with Gasteiger partial charge in [0.2, 0.25) is 0 Å². The second-order valence-corrected chi connectivity index (χ2v) is 7.30. The Balaban J connectivity index is 1.57. The van der Waals surface area contributed by atoms with E-state index in [4.69, 9.17) is 9.47 Å². The summed E-state index contributed by atoms with van der Waals surface area (Å²) in [5.41, 5.74) is 1.19. The van der Waals surface area contributed by atoms with Gasteiger partial charge in [-0.05, 0) is 50.0 Å². The zero-order valence-electron chi connectivity index (χ0n) is 15.6. The summed E-state index contributed by atoms with van der Waals surface area (Å²) >= 11 is 0. The molecule has 2 fully saturated rings. The van der Waals surface area contributed by atoms with Gasteiger partial charge in [-0.25, -0.2) is 0 Å². The van der Waals surface area contributed by atoms with Gasteiger partial charge in [0.25, 0.3) is 0 Å². The third-order valence-electron chi connectivity index (χ3n) is 5.59. The molecule has 3 rings (SSSR count). The van der Waals surface area contributed by atoms with Crippen LogP contribution < -0.4 is 9.47 Å². The van der Waals surface area contributed by atoms with Gasteiger partial charge in [0.1, 0.15) is 0 Å². The number of aliphatic hydroxyl groups is 1. The third kappa shape index (κ3) is 4.66. The maximum absolute atomic E-state index is 10.7. The highest BCUT2D eigenvalue weighted by molar-refractivity contribution is 5.42. The van der Waals surface area contributed by atoms with Crippen molar-refractivity contribution in [1.29, 1.82) is 0 Å². The number of rotatable bonds is 5. The number of likely N-dealkylation sites (tertiary alicyclic amines) is 2. The summed E-state index contributed by atoms with van der Waals surface area (Å²) < 4.78 is 10.7. The Morgan fingerprint density at radius 2 is 1.72 bits per heavy atom. The summed E-state index contributed by atoms with van der Waals surface area (Å²) in [6.45, 7) is 4.92. The number of ether oxygens (including phenoxy) is 2. The highest BCUT2D eigenvalue weighted by Gasteiger charge is 2.32. The topological polar surface area (TPSA) is 45.2 Å². The van der Waals surface area contributed by atoms with Gasteiger partial charge in [0, 0.05) is 25.7 Å². The molecule has 0 aromatic heterocycles. The largest absolute Gasteiger partial charge is 0.493 e. The Labute approximate surface area is 151 Å². The van der Waals surface area contributed by atoms with Crippen LogP contribution in [0.2, 0.25) is 0 Å². The molecule has 0 spiro atoms. The summed E-state index contributed by atoms with van der Waals surface area (Å²) in [5, 5.41) is 10.7. The van der Waals surface area contributed by atoms with Crippen molar-refractivity contribution in [2.75, 3.05) is 40.4 Å². The molecule has 5 nitrogen and oxygen atoms in total. The SMILES string of the molecule is COc1ccc(CN2CC[C@@H](N3CCCCCC3)[C@H](O)C2)cc1OC. The number of benzene rings is 1. The van der Waals surface area contributed by atoms with Crippen LogP contribution >= 0.6 is 0 Å². The van der Waals surface area contributed by atoms with Crippen LogP contribution in [0, 0.1) is 0 Å². The fourth-order valence-corrected chi connectivity index (χ4v) is 4.22. The standard InChI is InChI=1S/C20H32N2O3/c1-24-19-8-7-16(13-20(19)25-2)14-21-12-9-17(18(23)15-21)22-10-5-3-4-6-11-22/h7-8,13,17-18,23H,3-6,9-12,14-15H2,1-2H3/t17-,18-/m1/s1. The minimum Gasteiger partial charge on any atom is -0.493 e. The quantitative estimate of drug-likeness (QED) is 0.886. The third-order valence-corrected chi connectivity index (χ3v) is 5.59. The average Bonchev–Trinajstić information content (AvgIpc) is 2.91. The van der Waals surface area contributed by atoms with Crippen molar-refractivity contribution in [3.63, 3.8) is 0 Å². The molecule has 25 heavy (non-hydrogen) atoms. The fraction of sp³-hybridized carbons (Fsp3) is 0.700. The van der Waals surface area contributed by atoms with Crippen LogP contribution in [-0.4, -0.2) is 67.5 Å². The minimum atomic E-state index is -0.257. The van der Waals surface area contributed by atoms with Gasteiger partial charge < -0.3 is 14.6 Å². The zero-order valence-corrected chi connectivity index (χ0v) is 15.6. The fourth-order valence-electron chi connectivity index (χ4n) is 4.22. The lowest BCUT2D eigenvalue weighted by Gasteiger charge is -2.41. The lowest BCUT2D eigenvalue weighted by molar-refractivity contribution is -0.0144. The molecule has 5 heteroatoms. The highest BCUT2D eigenvalue weighted by atomic mass is 16.5. The molecule has 2 aliphatic rings. The van der Waals surface area contributed by atoms with E-state index in [1.807, 2.05) is 12.1 Å². The number of hydrogen-bond acceptors (Lipinski definition) is 5. The predicted molar refractivity (Wildman–Crippen MR) is 99.3 cm³/mol. The highest BCUT2D eigenvalue weighted by Crippen LogP contribution is 2.29. The molecular formula is C20H32N2O3. The number of nitrogens with zero attached hydrogens (tertiary/aromatic N) is 2. The van der Waals surface area contributed by atoms with Gasteiger partial charge in [-0.1, -0.05) is 18.9 Å². The molecule has 2 heterocycles. The van der Waals surface area contributed by atoms with Crippen LogP contribution in [0.15, 0.2) is 18.2 Å². The van der Waals surface area contributed by atoms with E-state index >= 15 is 0 Å². The van der Waals surface area contributed by atoms with Crippen LogP contribution in [0.4, 0.5) is 0 Å². The van der Waals surface area contributed by atoms with E-state index in [-0.39, 0.29) is 6.10 Å². The van der Waals surface area contributed by atoms with Gasteiger partial charge in [-0.3, -0.25) is 9.80 Å². The van der Waals surface area contributed by atoms with E-state index in [1.54, 1.807) is 14.2 Å². The van der Waals surface area contributed by atoms with E-state index < -0.39 is 0 Å². The molecule has 0 bridgehead atoms. The maximum atomic E-state index is 10.7. The number of hydrogen-bond donors (Lipinski definition) is 1. The van der Waals surface area contributed by atoms with Crippen LogP contribution in [-0.2, 0) is 6.54 Å². The van der Waals surface area contributed by atoms with Crippen molar-refractivity contribution in [2.24, 2.45) is 0 Å². The first-order valence-electron chi connectivity index (χ1n) is 9.56. The molecule has 2 saturated heterocycles. The van der Waals surface area contributed by atoms with Crippen molar-refractivity contribution in [3.8, 4) is 11.5 Å². The molecule has 2 aliphatic heterocycles. The molecule has 0 radical (unpaired) electrons. The Morgan fingerprint density at radius 1 is 1.00 bits per heavy atom. The molecule has 0 saturated carbocycles. The van der Waals surface area contributed by atoms with Crippen molar-refractivity contribution in [3.05, 3.63) is 23.8 Å². The summed E-state index contributed by atoms with van der Waals surface area (Å²) in [6.07, 6.45) is 6.02. The van der Waals surface area contributed by atoms with E-state index in [0.717, 1.165) is 50.6 Å². The number of methoxy groups -OCH3 is 2. The Bertz CT molecular complexity index is 544. The maximum Gasteiger partial charge on any atom is 0.161 e. The molecule has 1 N–H and O–H groups in total. The first-order valence-corrected chi connectivity index (χ1v) is 9.56. The molecule has 1 aromatic rings. The van der Waals surface area contributed by atoms with Gasteiger partial charge in [-0.15, -0.1) is 0 Å². The molecule has 0 amide bonds. The number of aliphatic hydroxyl groups excluding tert-OH is 1. The second-order valence-electron chi connectivity index (χ2n) is 7.30. The molecule has 140 valence electrons. The normalized spacial score (nSPS) is 26.2. The molecule has 0 unspecified atom stereocenters. The second kappa shape index (κ2) is 8.88. The van der Waals surface area contributed by atoms with Crippen molar-refractivity contribution >= 4 is 0 Å². The number of β-amino-alcohol motifs (C(OH)–C–C–N with tert-alkyl or cyclic N) is 1. The van der Waals surface area contributed by atoms with Crippen molar-refractivity contribution < 1.29 is 14.6 Å². The van der Waals surface area contributed by atoms with Crippen LogP contribution in [0.25, 0.3) is 0 Å².